The second-order valence-electron chi connectivity index (χ2n) is 6.74. The largest absolute Gasteiger partial charge is 0.493 e. The number of carboxylic acids is 1. The molecule has 1 unspecified atom stereocenters. The zero-order chi connectivity index (χ0) is 19.3. The first-order chi connectivity index (χ1) is 12.4. The van der Waals surface area contributed by atoms with Crippen LogP contribution in [0.5, 0.6) is 11.5 Å². The van der Waals surface area contributed by atoms with E-state index in [0.717, 1.165) is 11.1 Å². The molecule has 7 heteroatoms. The van der Waals surface area contributed by atoms with Crippen LogP contribution in [0.1, 0.15) is 49.8 Å². The highest BCUT2D eigenvalue weighted by molar-refractivity contribution is 5.75. The van der Waals surface area contributed by atoms with E-state index in [4.69, 9.17) is 14.6 Å². The predicted octanol–water partition coefficient (Wildman–Crippen LogP) is 3.02. The maximum atomic E-state index is 12.3. The highest BCUT2D eigenvalue weighted by Crippen LogP contribution is 2.35. The van der Waals surface area contributed by atoms with Gasteiger partial charge in [-0.1, -0.05) is 6.07 Å². The molecular weight excluding hydrogens is 336 g/mol. The Bertz CT molecular complexity index is 654. The van der Waals surface area contributed by atoms with Crippen molar-refractivity contribution in [3.8, 4) is 11.5 Å². The van der Waals surface area contributed by atoms with Crippen LogP contribution in [0, 0.1) is 12.8 Å². The summed E-state index contributed by atoms with van der Waals surface area (Å²) in [6.45, 7) is 3.84. The molecule has 0 bridgehead atoms. The number of urea groups is 1. The molecule has 0 heterocycles. The lowest BCUT2D eigenvalue weighted by Crippen LogP contribution is -2.44. The Morgan fingerprint density at radius 1 is 1.15 bits per heavy atom. The molecule has 0 saturated heterocycles. The van der Waals surface area contributed by atoms with E-state index in [2.05, 4.69) is 10.6 Å². The molecule has 2 amide bonds. The van der Waals surface area contributed by atoms with Crippen LogP contribution in [-0.2, 0) is 4.79 Å². The Morgan fingerprint density at radius 3 is 2.35 bits per heavy atom. The van der Waals surface area contributed by atoms with Gasteiger partial charge in [0.25, 0.3) is 0 Å². The number of ether oxygens (including phenoxy) is 2. The van der Waals surface area contributed by atoms with Gasteiger partial charge in [0.15, 0.2) is 11.5 Å². The van der Waals surface area contributed by atoms with E-state index < -0.39 is 5.97 Å². The first-order valence-electron chi connectivity index (χ1n) is 8.88. The van der Waals surface area contributed by atoms with Crippen LogP contribution < -0.4 is 20.1 Å². The quantitative estimate of drug-likeness (QED) is 0.721. The second kappa shape index (κ2) is 8.78. The fourth-order valence-electron chi connectivity index (χ4n) is 3.55. The highest BCUT2D eigenvalue weighted by atomic mass is 16.5. The zero-order valence-corrected chi connectivity index (χ0v) is 15.8. The number of benzene rings is 1. The monoisotopic (exact) mass is 364 g/mol. The molecular formula is C19H28N2O5. The normalized spacial score (nSPS) is 20.8. The molecule has 1 aromatic rings. The Balaban J connectivity index is 1.94. The summed E-state index contributed by atoms with van der Waals surface area (Å²) in [6.07, 6.45) is 2.58. The number of carboxylic acid groups (broad SMARTS) is 1. The van der Waals surface area contributed by atoms with Gasteiger partial charge in [-0.05, 0) is 51.2 Å². The summed E-state index contributed by atoms with van der Waals surface area (Å²) in [4.78, 5) is 23.3. The maximum Gasteiger partial charge on any atom is 0.315 e. The lowest BCUT2D eigenvalue weighted by Gasteiger charge is -2.27. The van der Waals surface area contributed by atoms with Crippen molar-refractivity contribution in [1.29, 1.82) is 0 Å². The summed E-state index contributed by atoms with van der Waals surface area (Å²) in [6, 6.07) is 3.31. The summed E-state index contributed by atoms with van der Waals surface area (Å²) in [5.41, 5.74) is 1.87. The van der Waals surface area contributed by atoms with Crippen LogP contribution in [0.3, 0.4) is 0 Å². The molecule has 1 aromatic carbocycles. The van der Waals surface area contributed by atoms with Crippen LogP contribution in [0.15, 0.2) is 12.1 Å². The van der Waals surface area contributed by atoms with Gasteiger partial charge in [-0.15, -0.1) is 0 Å². The number of methoxy groups -OCH3 is 2. The summed E-state index contributed by atoms with van der Waals surface area (Å²) in [5, 5.41) is 14.9. The van der Waals surface area contributed by atoms with Crippen molar-refractivity contribution >= 4 is 12.0 Å². The minimum absolute atomic E-state index is 0.0179. The smallest absolute Gasteiger partial charge is 0.315 e. The number of hydrogen-bond acceptors (Lipinski definition) is 4. The minimum Gasteiger partial charge on any atom is -0.493 e. The molecule has 3 N–H and O–H groups in total. The molecule has 1 atom stereocenters. The summed E-state index contributed by atoms with van der Waals surface area (Å²) < 4.78 is 10.7. The summed E-state index contributed by atoms with van der Waals surface area (Å²) >= 11 is 0. The average Bonchev–Trinajstić information content (AvgIpc) is 2.61. The van der Waals surface area contributed by atoms with Gasteiger partial charge in [-0.25, -0.2) is 4.79 Å². The van der Waals surface area contributed by atoms with Crippen LogP contribution in [0.2, 0.25) is 0 Å². The fourth-order valence-corrected chi connectivity index (χ4v) is 3.55. The fraction of sp³-hybridized carbons (Fsp3) is 0.579. The maximum absolute atomic E-state index is 12.3. The average molecular weight is 364 g/mol. The molecule has 144 valence electrons. The first kappa shape index (κ1) is 19.9. The van der Waals surface area contributed by atoms with Gasteiger partial charge in [0.1, 0.15) is 0 Å². The lowest BCUT2D eigenvalue weighted by atomic mass is 9.86. The van der Waals surface area contributed by atoms with Crippen molar-refractivity contribution < 1.29 is 24.2 Å². The third-order valence-corrected chi connectivity index (χ3v) is 5.06. The molecule has 26 heavy (non-hydrogen) atoms. The standard InChI is InChI=1S/C19H28N2O5/c1-11-15(9-10-16(25-3)17(11)26-4)12(2)20-19(24)21-14-7-5-13(6-8-14)18(22)23/h9-10,12-14H,5-8H2,1-4H3,(H,22,23)(H2,20,21,24). The van der Waals surface area contributed by atoms with Crippen LogP contribution in [-0.4, -0.2) is 37.4 Å². The van der Waals surface area contributed by atoms with Crippen molar-refractivity contribution in [2.75, 3.05) is 14.2 Å². The van der Waals surface area contributed by atoms with E-state index in [1.54, 1.807) is 14.2 Å². The molecule has 0 spiro atoms. The third-order valence-electron chi connectivity index (χ3n) is 5.06. The van der Waals surface area contributed by atoms with Crippen molar-refractivity contribution in [3.05, 3.63) is 23.3 Å². The topological polar surface area (TPSA) is 96.9 Å². The van der Waals surface area contributed by atoms with Crippen molar-refractivity contribution in [2.45, 2.75) is 51.6 Å². The van der Waals surface area contributed by atoms with E-state index in [0.29, 0.717) is 37.2 Å². The Labute approximate surface area is 154 Å². The summed E-state index contributed by atoms with van der Waals surface area (Å²) in [5.74, 6) is 0.279. The van der Waals surface area contributed by atoms with Crippen molar-refractivity contribution in [1.82, 2.24) is 10.6 Å². The highest BCUT2D eigenvalue weighted by Gasteiger charge is 2.27. The Kier molecular flexibility index (Phi) is 6.71. The molecule has 1 aliphatic rings. The molecule has 1 saturated carbocycles. The molecule has 0 radical (unpaired) electrons. The van der Waals surface area contributed by atoms with E-state index in [1.807, 2.05) is 26.0 Å². The lowest BCUT2D eigenvalue weighted by molar-refractivity contribution is -0.142. The third kappa shape index (κ3) is 4.59. The van der Waals surface area contributed by atoms with Gasteiger partial charge in [0.05, 0.1) is 26.2 Å². The van der Waals surface area contributed by atoms with E-state index in [9.17, 15) is 9.59 Å². The van der Waals surface area contributed by atoms with Gasteiger partial charge < -0.3 is 25.2 Å². The Hall–Kier alpha value is -2.44. The second-order valence-corrected chi connectivity index (χ2v) is 6.74. The predicted molar refractivity (Wildman–Crippen MR) is 97.7 cm³/mol. The van der Waals surface area contributed by atoms with Gasteiger partial charge in [-0.3, -0.25) is 4.79 Å². The van der Waals surface area contributed by atoms with E-state index in [1.165, 1.54) is 0 Å². The number of hydrogen-bond donors (Lipinski definition) is 3. The number of nitrogens with one attached hydrogen (secondary N) is 2. The molecule has 0 aromatic heterocycles. The number of carbonyl (C=O) groups excluding carboxylic acids is 1. The van der Waals surface area contributed by atoms with Gasteiger partial charge in [0.2, 0.25) is 0 Å². The molecule has 1 fully saturated rings. The SMILES string of the molecule is COc1ccc(C(C)NC(=O)NC2CCC(C(=O)O)CC2)c(C)c1OC. The number of rotatable bonds is 6. The minimum atomic E-state index is -0.745. The van der Waals surface area contributed by atoms with Crippen LogP contribution >= 0.6 is 0 Å². The first-order valence-corrected chi connectivity index (χ1v) is 8.88. The number of amides is 2. The van der Waals surface area contributed by atoms with Crippen molar-refractivity contribution in [2.24, 2.45) is 5.92 Å². The van der Waals surface area contributed by atoms with Crippen LogP contribution in [0.4, 0.5) is 4.79 Å². The van der Waals surface area contributed by atoms with Gasteiger partial charge in [0, 0.05) is 11.6 Å². The Morgan fingerprint density at radius 2 is 1.81 bits per heavy atom. The van der Waals surface area contributed by atoms with E-state index in [-0.39, 0.29) is 24.0 Å². The molecule has 2 rings (SSSR count). The van der Waals surface area contributed by atoms with E-state index >= 15 is 0 Å². The van der Waals surface area contributed by atoms with Crippen LogP contribution in [0.25, 0.3) is 0 Å². The zero-order valence-electron chi connectivity index (χ0n) is 15.8. The van der Waals surface area contributed by atoms with Crippen molar-refractivity contribution in [3.63, 3.8) is 0 Å². The van der Waals surface area contributed by atoms with Gasteiger partial charge >= 0.3 is 12.0 Å². The summed E-state index contributed by atoms with van der Waals surface area (Å²) in [7, 11) is 3.18. The number of carbonyl (C=O) groups is 2. The molecule has 0 aliphatic heterocycles. The molecule has 1 aliphatic carbocycles. The van der Waals surface area contributed by atoms with Gasteiger partial charge in [-0.2, -0.15) is 0 Å². The number of aliphatic carboxylic acids is 1. The molecule has 7 nitrogen and oxygen atoms in total.